The van der Waals surface area contributed by atoms with Crippen LogP contribution < -0.4 is 15.0 Å². The molecule has 20 heavy (non-hydrogen) atoms. The summed E-state index contributed by atoms with van der Waals surface area (Å²) in [6, 6.07) is 8.06. The van der Waals surface area contributed by atoms with Crippen molar-refractivity contribution in [2.45, 2.75) is 13.3 Å². The average molecular weight is 270 g/mol. The summed E-state index contributed by atoms with van der Waals surface area (Å²) in [5.41, 5.74) is 1.05. The molecule has 0 spiro atoms. The predicted molar refractivity (Wildman–Crippen MR) is 79.8 cm³/mol. The zero-order chi connectivity index (χ0) is 13.8. The molecule has 1 aromatic heterocycles. The van der Waals surface area contributed by atoms with Gasteiger partial charge in [-0.3, -0.25) is 4.98 Å². The van der Waals surface area contributed by atoms with Gasteiger partial charge in [0.2, 0.25) is 0 Å². The van der Waals surface area contributed by atoms with Gasteiger partial charge in [0.1, 0.15) is 11.6 Å². The van der Waals surface area contributed by atoms with Crippen molar-refractivity contribution in [3.05, 3.63) is 36.7 Å². The van der Waals surface area contributed by atoms with E-state index < -0.39 is 0 Å². The number of nitrogens with zero attached hydrogens (tertiary/aromatic N) is 3. The average Bonchev–Trinajstić information content (AvgIpc) is 2.70. The molecule has 1 aliphatic rings. The van der Waals surface area contributed by atoms with Gasteiger partial charge in [-0.25, -0.2) is 4.98 Å². The molecule has 0 fully saturated rings. The Kier molecular flexibility index (Phi) is 3.67. The fourth-order valence-corrected chi connectivity index (χ4v) is 2.32. The van der Waals surface area contributed by atoms with Crippen molar-refractivity contribution in [2.24, 2.45) is 0 Å². The Morgan fingerprint density at radius 2 is 2.20 bits per heavy atom. The third-order valence-corrected chi connectivity index (χ3v) is 3.20. The first-order valence-corrected chi connectivity index (χ1v) is 6.94. The highest BCUT2D eigenvalue weighted by atomic mass is 16.5. The molecular weight excluding hydrogens is 252 g/mol. The molecule has 0 amide bonds. The molecule has 2 aromatic rings. The Bertz CT molecular complexity index is 588. The van der Waals surface area contributed by atoms with E-state index in [0.717, 1.165) is 49.2 Å². The minimum Gasteiger partial charge on any atom is -0.491 e. The van der Waals surface area contributed by atoms with Gasteiger partial charge in [0.25, 0.3) is 0 Å². The van der Waals surface area contributed by atoms with Crippen molar-refractivity contribution in [2.75, 3.05) is 29.9 Å². The van der Waals surface area contributed by atoms with Gasteiger partial charge < -0.3 is 15.0 Å². The SMILES string of the molecule is CCNc1cncc(N2CCCOc3ccccc32)n1. The normalized spacial score (nSPS) is 14.2. The summed E-state index contributed by atoms with van der Waals surface area (Å²) in [7, 11) is 0. The van der Waals surface area contributed by atoms with E-state index in [2.05, 4.69) is 26.3 Å². The Morgan fingerprint density at radius 3 is 3.10 bits per heavy atom. The van der Waals surface area contributed by atoms with Crippen LogP contribution in [0.4, 0.5) is 17.3 Å². The third-order valence-electron chi connectivity index (χ3n) is 3.20. The van der Waals surface area contributed by atoms with Gasteiger partial charge in [0, 0.05) is 13.1 Å². The van der Waals surface area contributed by atoms with E-state index in [-0.39, 0.29) is 0 Å². The van der Waals surface area contributed by atoms with Gasteiger partial charge in [-0.05, 0) is 25.5 Å². The number of rotatable bonds is 3. The fraction of sp³-hybridized carbons (Fsp3) is 0.333. The van der Waals surface area contributed by atoms with Gasteiger partial charge in [0.05, 0.1) is 24.7 Å². The Hall–Kier alpha value is -2.30. The largest absolute Gasteiger partial charge is 0.491 e. The van der Waals surface area contributed by atoms with Crippen molar-refractivity contribution in [3.8, 4) is 5.75 Å². The summed E-state index contributed by atoms with van der Waals surface area (Å²) >= 11 is 0. The highest BCUT2D eigenvalue weighted by Gasteiger charge is 2.18. The first-order valence-electron chi connectivity index (χ1n) is 6.94. The van der Waals surface area contributed by atoms with Crippen LogP contribution in [-0.4, -0.2) is 29.7 Å². The first kappa shape index (κ1) is 12.7. The molecule has 0 unspecified atom stereocenters. The van der Waals surface area contributed by atoms with Crippen molar-refractivity contribution < 1.29 is 4.74 Å². The molecule has 2 heterocycles. The van der Waals surface area contributed by atoms with Gasteiger partial charge in [-0.15, -0.1) is 0 Å². The van der Waals surface area contributed by atoms with Crippen molar-refractivity contribution in [1.29, 1.82) is 0 Å². The second-order valence-corrected chi connectivity index (χ2v) is 4.61. The summed E-state index contributed by atoms with van der Waals surface area (Å²) in [4.78, 5) is 11.1. The molecule has 0 radical (unpaired) electrons. The lowest BCUT2D eigenvalue weighted by Gasteiger charge is -2.22. The maximum atomic E-state index is 5.77. The van der Waals surface area contributed by atoms with Crippen LogP contribution in [0, 0.1) is 0 Å². The van der Waals surface area contributed by atoms with Crippen molar-refractivity contribution in [3.63, 3.8) is 0 Å². The van der Waals surface area contributed by atoms with Crippen LogP contribution in [0.15, 0.2) is 36.7 Å². The molecule has 1 N–H and O–H groups in total. The van der Waals surface area contributed by atoms with Crippen LogP contribution in [-0.2, 0) is 0 Å². The van der Waals surface area contributed by atoms with Crippen LogP contribution in [0.2, 0.25) is 0 Å². The lowest BCUT2D eigenvalue weighted by atomic mass is 10.2. The molecular formula is C15H18N4O. The maximum absolute atomic E-state index is 5.77. The van der Waals surface area contributed by atoms with E-state index in [0.29, 0.717) is 0 Å². The smallest absolute Gasteiger partial charge is 0.154 e. The molecule has 104 valence electrons. The number of ether oxygens (including phenoxy) is 1. The number of hydrogen-bond donors (Lipinski definition) is 1. The lowest BCUT2D eigenvalue weighted by Crippen LogP contribution is -2.19. The van der Waals surface area contributed by atoms with Crippen LogP contribution >= 0.6 is 0 Å². The van der Waals surface area contributed by atoms with Gasteiger partial charge in [-0.2, -0.15) is 0 Å². The number of anilines is 3. The van der Waals surface area contributed by atoms with Crippen molar-refractivity contribution >= 4 is 17.3 Å². The molecule has 5 nitrogen and oxygen atoms in total. The van der Waals surface area contributed by atoms with Gasteiger partial charge in [-0.1, -0.05) is 12.1 Å². The quantitative estimate of drug-likeness (QED) is 0.929. The molecule has 1 aromatic carbocycles. The zero-order valence-corrected chi connectivity index (χ0v) is 11.5. The zero-order valence-electron chi connectivity index (χ0n) is 11.5. The second-order valence-electron chi connectivity index (χ2n) is 4.61. The number of hydrogen-bond acceptors (Lipinski definition) is 5. The molecule has 0 saturated carbocycles. The summed E-state index contributed by atoms with van der Waals surface area (Å²) in [5.74, 6) is 2.55. The maximum Gasteiger partial charge on any atom is 0.154 e. The predicted octanol–water partition coefficient (Wildman–Crippen LogP) is 2.83. The molecule has 5 heteroatoms. The minimum absolute atomic E-state index is 0.730. The molecule has 3 rings (SSSR count). The standard InChI is InChI=1S/C15H18N4O/c1-2-17-14-10-16-11-15(18-14)19-8-5-9-20-13-7-4-3-6-12(13)19/h3-4,6-7,10-11H,2,5,8-9H2,1H3,(H,17,18). The van der Waals surface area contributed by atoms with Gasteiger partial charge >= 0.3 is 0 Å². The Balaban J connectivity index is 1.98. The van der Waals surface area contributed by atoms with Crippen LogP contribution in [0.1, 0.15) is 13.3 Å². The molecule has 0 saturated heterocycles. The highest BCUT2D eigenvalue weighted by molar-refractivity contribution is 5.67. The van der Waals surface area contributed by atoms with E-state index in [9.17, 15) is 0 Å². The summed E-state index contributed by atoms with van der Waals surface area (Å²) < 4.78 is 5.77. The van der Waals surface area contributed by atoms with Crippen molar-refractivity contribution in [1.82, 2.24) is 9.97 Å². The topological polar surface area (TPSA) is 50.3 Å². The van der Waals surface area contributed by atoms with E-state index in [1.54, 1.807) is 12.4 Å². The summed E-state index contributed by atoms with van der Waals surface area (Å²) in [5, 5.41) is 3.20. The number of nitrogens with one attached hydrogen (secondary N) is 1. The number of para-hydroxylation sites is 2. The Labute approximate surface area is 118 Å². The van der Waals surface area contributed by atoms with E-state index in [1.807, 2.05) is 25.1 Å². The lowest BCUT2D eigenvalue weighted by molar-refractivity contribution is 0.322. The molecule has 0 aliphatic carbocycles. The molecule has 1 aliphatic heterocycles. The Morgan fingerprint density at radius 1 is 1.30 bits per heavy atom. The minimum atomic E-state index is 0.730. The van der Waals surface area contributed by atoms with Crippen LogP contribution in [0.3, 0.4) is 0 Å². The summed E-state index contributed by atoms with van der Waals surface area (Å²) in [6.07, 6.45) is 4.50. The number of benzene rings is 1. The monoisotopic (exact) mass is 270 g/mol. The third kappa shape index (κ3) is 2.52. The number of aromatic nitrogens is 2. The first-order chi connectivity index (χ1) is 9.88. The van der Waals surface area contributed by atoms with E-state index in [4.69, 9.17) is 4.74 Å². The van der Waals surface area contributed by atoms with E-state index >= 15 is 0 Å². The van der Waals surface area contributed by atoms with Crippen LogP contribution in [0.5, 0.6) is 5.75 Å². The number of fused-ring (bicyclic) bond motifs is 1. The fourth-order valence-electron chi connectivity index (χ4n) is 2.32. The molecule has 0 bridgehead atoms. The van der Waals surface area contributed by atoms with Gasteiger partial charge in [0.15, 0.2) is 5.82 Å². The van der Waals surface area contributed by atoms with Crippen LogP contribution in [0.25, 0.3) is 0 Å². The summed E-state index contributed by atoms with van der Waals surface area (Å²) in [6.45, 7) is 4.48. The second kappa shape index (κ2) is 5.77. The highest BCUT2D eigenvalue weighted by Crippen LogP contribution is 2.34. The van der Waals surface area contributed by atoms with E-state index in [1.165, 1.54) is 0 Å². The molecule has 0 atom stereocenters.